The number of ether oxygens (including phenoxy) is 1. The molecule has 1 aromatic rings. The molecule has 0 aliphatic heterocycles. The summed E-state index contributed by atoms with van der Waals surface area (Å²) >= 11 is 0. The van der Waals surface area contributed by atoms with Gasteiger partial charge in [0.1, 0.15) is 6.54 Å². The molecule has 0 aliphatic carbocycles. The molecule has 0 radical (unpaired) electrons. The van der Waals surface area contributed by atoms with Crippen LogP contribution in [0.15, 0.2) is 29.2 Å². The number of rotatable bonds is 4. The topological polar surface area (TPSA) is 98.5 Å². The van der Waals surface area contributed by atoms with E-state index in [1.165, 1.54) is 25.3 Å². The molecular weight excluding hydrogens is 232 g/mol. The summed E-state index contributed by atoms with van der Waals surface area (Å²) in [5, 5.41) is 0. The van der Waals surface area contributed by atoms with Gasteiger partial charge in [-0.25, -0.2) is 8.42 Å². The van der Waals surface area contributed by atoms with Crippen LogP contribution in [-0.2, 0) is 19.6 Å². The van der Waals surface area contributed by atoms with E-state index in [1.54, 1.807) is 6.07 Å². The third kappa shape index (κ3) is 3.21. The fourth-order valence-corrected chi connectivity index (χ4v) is 2.01. The lowest BCUT2D eigenvalue weighted by Gasteiger charge is -2.05. The van der Waals surface area contributed by atoms with Crippen molar-refractivity contribution in [3.63, 3.8) is 0 Å². The average molecular weight is 244 g/mol. The standard InChI is InChI=1S/C9H12N2O4S/c1-15-9(12)6-11-16(13,14)8-4-2-3-7(10)5-8/h2-5,11H,6,10H2,1H3. The largest absolute Gasteiger partial charge is 0.468 e. The van der Waals surface area contributed by atoms with E-state index in [0.29, 0.717) is 5.69 Å². The zero-order valence-electron chi connectivity index (χ0n) is 8.64. The second-order valence-corrected chi connectivity index (χ2v) is 4.74. The number of hydrogen-bond acceptors (Lipinski definition) is 5. The SMILES string of the molecule is COC(=O)CNS(=O)(=O)c1cccc(N)c1. The summed E-state index contributed by atoms with van der Waals surface area (Å²) in [5.41, 5.74) is 5.79. The van der Waals surface area contributed by atoms with Crippen LogP contribution >= 0.6 is 0 Å². The number of hydrogen-bond donors (Lipinski definition) is 2. The van der Waals surface area contributed by atoms with Gasteiger partial charge in [0.05, 0.1) is 12.0 Å². The van der Waals surface area contributed by atoms with E-state index in [4.69, 9.17) is 5.73 Å². The molecule has 0 unspecified atom stereocenters. The first-order valence-electron chi connectivity index (χ1n) is 4.38. The van der Waals surface area contributed by atoms with Crippen molar-refractivity contribution >= 4 is 21.7 Å². The van der Waals surface area contributed by atoms with Crippen molar-refractivity contribution in [1.29, 1.82) is 0 Å². The van der Waals surface area contributed by atoms with Crippen molar-refractivity contribution in [2.45, 2.75) is 4.90 Å². The minimum atomic E-state index is -3.72. The van der Waals surface area contributed by atoms with E-state index in [0.717, 1.165) is 0 Å². The van der Waals surface area contributed by atoms with Crippen molar-refractivity contribution in [3.05, 3.63) is 24.3 Å². The van der Waals surface area contributed by atoms with E-state index in [9.17, 15) is 13.2 Å². The van der Waals surface area contributed by atoms with Crippen LogP contribution in [0, 0.1) is 0 Å². The maximum absolute atomic E-state index is 11.6. The molecule has 88 valence electrons. The molecule has 0 saturated heterocycles. The highest BCUT2D eigenvalue weighted by atomic mass is 32.2. The van der Waals surface area contributed by atoms with Crippen molar-refractivity contribution in [1.82, 2.24) is 4.72 Å². The van der Waals surface area contributed by atoms with Crippen LogP contribution in [0.25, 0.3) is 0 Å². The van der Waals surface area contributed by atoms with Gasteiger partial charge in [0.2, 0.25) is 10.0 Å². The monoisotopic (exact) mass is 244 g/mol. The van der Waals surface area contributed by atoms with E-state index in [-0.39, 0.29) is 4.90 Å². The zero-order chi connectivity index (χ0) is 12.2. The number of esters is 1. The molecule has 16 heavy (non-hydrogen) atoms. The summed E-state index contributed by atoms with van der Waals surface area (Å²) < 4.78 is 29.7. The fourth-order valence-electron chi connectivity index (χ4n) is 0.991. The van der Waals surface area contributed by atoms with Gasteiger partial charge in [-0.1, -0.05) is 6.07 Å². The lowest BCUT2D eigenvalue weighted by molar-refractivity contribution is -0.139. The van der Waals surface area contributed by atoms with Crippen LogP contribution in [-0.4, -0.2) is 28.0 Å². The molecule has 1 aromatic carbocycles. The highest BCUT2D eigenvalue weighted by molar-refractivity contribution is 7.89. The molecule has 6 nitrogen and oxygen atoms in total. The van der Waals surface area contributed by atoms with E-state index in [1.807, 2.05) is 0 Å². The van der Waals surface area contributed by atoms with Gasteiger partial charge < -0.3 is 10.5 Å². The van der Waals surface area contributed by atoms with E-state index in [2.05, 4.69) is 9.46 Å². The van der Waals surface area contributed by atoms with E-state index < -0.39 is 22.5 Å². The molecule has 0 aromatic heterocycles. The Balaban J connectivity index is 2.82. The summed E-state index contributed by atoms with van der Waals surface area (Å²) in [7, 11) is -2.54. The number of sulfonamides is 1. The molecule has 0 saturated carbocycles. The summed E-state index contributed by atoms with van der Waals surface area (Å²) in [6, 6.07) is 5.77. The maximum atomic E-state index is 11.6. The number of methoxy groups -OCH3 is 1. The highest BCUT2D eigenvalue weighted by Crippen LogP contribution is 2.11. The maximum Gasteiger partial charge on any atom is 0.320 e. The van der Waals surface area contributed by atoms with Crippen LogP contribution in [0.2, 0.25) is 0 Å². The summed E-state index contributed by atoms with van der Waals surface area (Å²) in [5.74, 6) is -0.660. The molecule has 7 heteroatoms. The molecular formula is C9H12N2O4S. The Morgan fingerprint density at radius 2 is 2.19 bits per heavy atom. The van der Waals surface area contributed by atoms with Crippen molar-refractivity contribution < 1.29 is 17.9 Å². The summed E-state index contributed by atoms with van der Waals surface area (Å²) in [6.07, 6.45) is 0. The van der Waals surface area contributed by atoms with Crippen molar-refractivity contribution in [2.24, 2.45) is 0 Å². The minimum Gasteiger partial charge on any atom is -0.468 e. The van der Waals surface area contributed by atoms with Crippen LogP contribution in [0.1, 0.15) is 0 Å². The highest BCUT2D eigenvalue weighted by Gasteiger charge is 2.15. The van der Waals surface area contributed by atoms with Gasteiger partial charge in [0.15, 0.2) is 0 Å². The lowest BCUT2D eigenvalue weighted by Crippen LogP contribution is -2.30. The van der Waals surface area contributed by atoms with Gasteiger partial charge >= 0.3 is 5.97 Å². The molecule has 0 atom stereocenters. The predicted molar refractivity (Wildman–Crippen MR) is 58.1 cm³/mol. The first-order valence-corrected chi connectivity index (χ1v) is 5.86. The van der Waals surface area contributed by atoms with Crippen LogP contribution in [0.4, 0.5) is 5.69 Å². The Morgan fingerprint density at radius 1 is 1.50 bits per heavy atom. The summed E-state index contributed by atoms with van der Waals surface area (Å²) in [6.45, 7) is -0.409. The number of nitrogens with one attached hydrogen (secondary N) is 1. The Bertz CT molecular complexity index is 484. The van der Waals surface area contributed by atoms with E-state index >= 15 is 0 Å². The molecule has 0 fully saturated rings. The zero-order valence-corrected chi connectivity index (χ0v) is 9.45. The van der Waals surface area contributed by atoms with Gasteiger partial charge in [0, 0.05) is 5.69 Å². The normalized spacial score (nSPS) is 11.1. The minimum absolute atomic E-state index is 0.0106. The molecule has 1 rings (SSSR count). The number of carbonyl (C=O) groups excluding carboxylic acids is 1. The van der Waals surface area contributed by atoms with Gasteiger partial charge in [0.25, 0.3) is 0 Å². The third-order valence-corrected chi connectivity index (χ3v) is 3.20. The molecule has 3 N–H and O–H groups in total. The van der Waals surface area contributed by atoms with Crippen LogP contribution in [0.3, 0.4) is 0 Å². The van der Waals surface area contributed by atoms with Crippen LogP contribution < -0.4 is 10.5 Å². The Morgan fingerprint density at radius 3 is 2.75 bits per heavy atom. The second-order valence-electron chi connectivity index (χ2n) is 2.97. The second kappa shape index (κ2) is 4.95. The predicted octanol–water partition coefficient (Wildman–Crippen LogP) is -0.280. The van der Waals surface area contributed by atoms with Gasteiger partial charge in [-0.15, -0.1) is 0 Å². The molecule has 0 bridgehead atoms. The van der Waals surface area contributed by atoms with Crippen molar-refractivity contribution in [3.8, 4) is 0 Å². The lowest BCUT2D eigenvalue weighted by atomic mass is 10.3. The summed E-state index contributed by atoms with van der Waals surface area (Å²) in [4.78, 5) is 10.8. The van der Waals surface area contributed by atoms with Crippen molar-refractivity contribution in [2.75, 3.05) is 19.4 Å². The molecule has 0 aliphatic rings. The Labute approximate surface area is 93.5 Å². The first kappa shape index (κ1) is 12.5. The van der Waals surface area contributed by atoms with Crippen LogP contribution in [0.5, 0.6) is 0 Å². The number of carbonyl (C=O) groups is 1. The third-order valence-electron chi connectivity index (χ3n) is 1.80. The molecule has 0 heterocycles. The smallest absolute Gasteiger partial charge is 0.320 e. The Hall–Kier alpha value is -1.60. The number of anilines is 1. The first-order chi connectivity index (χ1) is 7.45. The Kier molecular flexibility index (Phi) is 3.86. The molecule has 0 spiro atoms. The average Bonchev–Trinajstić information content (AvgIpc) is 2.26. The van der Waals surface area contributed by atoms with Gasteiger partial charge in [-0.2, -0.15) is 4.72 Å². The number of nitrogen functional groups attached to an aromatic ring is 1. The molecule has 0 amide bonds. The fraction of sp³-hybridized carbons (Fsp3) is 0.222. The number of benzene rings is 1. The van der Waals surface area contributed by atoms with Gasteiger partial charge in [-0.3, -0.25) is 4.79 Å². The quantitative estimate of drug-likeness (QED) is 0.560. The number of nitrogens with two attached hydrogens (primary N) is 1. The van der Waals surface area contributed by atoms with Gasteiger partial charge in [-0.05, 0) is 18.2 Å².